The van der Waals surface area contributed by atoms with Crippen LogP contribution in [0, 0.1) is 0 Å². The molecular formula is C10H12ClN7OS. The molecule has 2 aromatic rings. The van der Waals surface area contributed by atoms with Crippen LogP contribution in [0.1, 0.15) is 32.7 Å². The van der Waals surface area contributed by atoms with E-state index in [1.54, 1.807) is 4.68 Å². The highest BCUT2D eigenvalue weighted by Crippen LogP contribution is 2.37. The molecule has 1 aliphatic rings. The van der Waals surface area contributed by atoms with Crippen LogP contribution in [0.15, 0.2) is 10.3 Å². The maximum absolute atomic E-state index is 5.87. The Morgan fingerprint density at radius 1 is 1.30 bits per heavy atom. The second-order valence-electron chi connectivity index (χ2n) is 4.58. The van der Waals surface area contributed by atoms with Crippen molar-refractivity contribution in [3.8, 4) is 6.01 Å². The van der Waals surface area contributed by atoms with E-state index in [1.807, 2.05) is 13.8 Å². The molecule has 0 spiro atoms. The lowest BCUT2D eigenvalue weighted by Crippen LogP contribution is -2.09. The zero-order valence-corrected chi connectivity index (χ0v) is 12.5. The first-order valence-corrected chi connectivity index (χ1v) is 7.35. The van der Waals surface area contributed by atoms with Gasteiger partial charge in [-0.05, 0) is 60.5 Å². The molecule has 0 bridgehead atoms. The molecule has 2 aromatic heterocycles. The van der Waals surface area contributed by atoms with Gasteiger partial charge in [0.2, 0.25) is 15.6 Å². The minimum absolute atomic E-state index is 0.0388. The van der Waals surface area contributed by atoms with E-state index >= 15 is 0 Å². The van der Waals surface area contributed by atoms with E-state index in [-0.39, 0.29) is 17.4 Å². The minimum atomic E-state index is -0.0388. The number of ether oxygens (including phenoxy) is 1. The molecule has 1 saturated carbocycles. The van der Waals surface area contributed by atoms with Crippen molar-refractivity contribution in [2.24, 2.45) is 0 Å². The summed E-state index contributed by atoms with van der Waals surface area (Å²) >= 11 is 7.12. The first-order chi connectivity index (χ1) is 9.61. The topological polar surface area (TPSA) is 91.5 Å². The SMILES string of the molecule is CC(C)Oc1nc(Cl)nc(Sc2nnnn2C2CC2)n1. The van der Waals surface area contributed by atoms with Gasteiger partial charge in [-0.3, -0.25) is 0 Å². The number of rotatable bonds is 5. The Morgan fingerprint density at radius 3 is 2.80 bits per heavy atom. The van der Waals surface area contributed by atoms with Gasteiger partial charge in [-0.1, -0.05) is 0 Å². The highest BCUT2D eigenvalue weighted by Gasteiger charge is 2.28. The van der Waals surface area contributed by atoms with E-state index in [0.29, 0.717) is 16.4 Å². The molecule has 1 fully saturated rings. The summed E-state index contributed by atoms with van der Waals surface area (Å²) in [5.74, 6) is 0. The largest absolute Gasteiger partial charge is 0.461 e. The Labute approximate surface area is 124 Å². The smallest absolute Gasteiger partial charge is 0.322 e. The highest BCUT2D eigenvalue weighted by atomic mass is 35.5. The Kier molecular flexibility index (Phi) is 3.70. The van der Waals surface area contributed by atoms with Crippen molar-refractivity contribution in [1.29, 1.82) is 0 Å². The summed E-state index contributed by atoms with van der Waals surface area (Å²) in [7, 11) is 0. The first kappa shape index (κ1) is 13.5. The maximum Gasteiger partial charge on any atom is 0.322 e. The van der Waals surface area contributed by atoms with E-state index in [2.05, 4.69) is 30.5 Å². The Morgan fingerprint density at radius 2 is 2.10 bits per heavy atom. The van der Waals surface area contributed by atoms with Crippen LogP contribution < -0.4 is 4.74 Å². The number of halogens is 1. The average Bonchev–Trinajstić information content (AvgIpc) is 3.09. The van der Waals surface area contributed by atoms with Gasteiger partial charge >= 0.3 is 6.01 Å². The predicted molar refractivity (Wildman–Crippen MR) is 70.8 cm³/mol. The molecule has 0 N–H and O–H groups in total. The summed E-state index contributed by atoms with van der Waals surface area (Å²) in [6.45, 7) is 3.77. The van der Waals surface area contributed by atoms with Gasteiger partial charge in [0.15, 0.2) is 0 Å². The zero-order valence-electron chi connectivity index (χ0n) is 10.9. The van der Waals surface area contributed by atoms with Crippen molar-refractivity contribution in [3.05, 3.63) is 5.28 Å². The van der Waals surface area contributed by atoms with E-state index in [9.17, 15) is 0 Å². The van der Waals surface area contributed by atoms with Crippen molar-refractivity contribution < 1.29 is 4.74 Å². The van der Waals surface area contributed by atoms with Crippen molar-refractivity contribution in [2.75, 3.05) is 0 Å². The minimum Gasteiger partial charge on any atom is -0.461 e. The van der Waals surface area contributed by atoms with Gasteiger partial charge in [0.1, 0.15) is 0 Å². The molecule has 0 amide bonds. The standard InChI is InChI=1S/C10H12ClN7OS/c1-5(2)19-8-12-7(11)13-9(14-8)20-10-15-16-17-18(10)6-3-4-6/h5-6H,3-4H2,1-2H3. The lowest BCUT2D eigenvalue weighted by Gasteiger charge is -2.08. The summed E-state index contributed by atoms with van der Waals surface area (Å²) in [6.07, 6.45) is 2.15. The van der Waals surface area contributed by atoms with Gasteiger partial charge in [0, 0.05) is 0 Å². The summed E-state index contributed by atoms with van der Waals surface area (Å²) in [6, 6.07) is 0.587. The van der Waals surface area contributed by atoms with Gasteiger partial charge in [-0.2, -0.15) is 15.0 Å². The fraction of sp³-hybridized carbons (Fsp3) is 0.600. The van der Waals surface area contributed by atoms with Gasteiger partial charge < -0.3 is 4.74 Å². The lowest BCUT2D eigenvalue weighted by molar-refractivity contribution is 0.219. The summed E-state index contributed by atoms with van der Waals surface area (Å²) in [5.41, 5.74) is 0. The van der Waals surface area contributed by atoms with Crippen LogP contribution in [0.2, 0.25) is 5.28 Å². The number of hydrogen-bond donors (Lipinski definition) is 0. The van der Waals surface area contributed by atoms with Gasteiger partial charge in [-0.15, -0.1) is 5.10 Å². The number of aromatic nitrogens is 7. The van der Waals surface area contributed by atoms with E-state index < -0.39 is 0 Å². The van der Waals surface area contributed by atoms with Crippen molar-refractivity contribution in [2.45, 2.75) is 49.1 Å². The van der Waals surface area contributed by atoms with Crippen LogP contribution in [0.25, 0.3) is 0 Å². The van der Waals surface area contributed by atoms with Crippen LogP contribution in [0.4, 0.5) is 0 Å². The predicted octanol–water partition coefficient (Wildman–Crippen LogP) is 1.78. The number of tetrazole rings is 1. The molecule has 0 aromatic carbocycles. The third kappa shape index (κ3) is 3.15. The summed E-state index contributed by atoms with van der Waals surface area (Å²) in [5, 5.41) is 12.8. The highest BCUT2D eigenvalue weighted by molar-refractivity contribution is 7.99. The second-order valence-corrected chi connectivity index (χ2v) is 5.85. The van der Waals surface area contributed by atoms with Crippen LogP contribution in [0.5, 0.6) is 6.01 Å². The molecule has 0 saturated heterocycles. The molecule has 20 heavy (non-hydrogen) atoms. The monoisotopic (exact) mass is 313 g/mol. The molecule has 10 heteroatoms. The first-order valence-electron chi connectivity index (χ1n) is 6.16. The quantitative estimate of drug-likeness (QED) is 0.825. The average molecular weight is 314 g/mol. The van der Waals surface area contributed by atoms with Crippen molar-refractivity contribution in [3.63, 3.8) is 0 Å². The maximum atomic E-state index is 5.87. The molecule has 106 valence electrons. The molecule has 3 rings (SSSR count). The Bertz CT molecular complexity index is 615. The summed E-state index contributed by atoms with van der Waals surface area (Å²) in [4.78, 5) is 12.2. The Balaban J connectivity index is 1.82. The van der Waals surface area contributed by atoms with Crippen molar-refractivity contribution in [1.82, 2.24) is 35.2 Å². The Hall–Kier alpha value is -1.48. The van der Waals surface area contributed by atoms with Crippen molar-refractivity contribution >= 4 is 23.4 Å². The third-order valence-corrected chi connectivity index (χ3v) is 3.43. The zero-order chi connectivity index (χ0) is 14.1. The molecule has 0 atom stereocenters. The second kappa shape index (κ2) is 5.49. The van der Waals surface area contributed by atoms with E-state index in [0.717, 1.165) is 12.8 Å². The molecular weight excluding hydrogens is 302 g/mol. The summed E-state index contributed by atoms with van der Waals surface area (Å²) < 4.78 is 7.21. The van der Waals surface area contributed by atoms with Gasteiger partial charge in [-0.25, -0.2) is 4.68 Å². The third-order valence-electron chi connectivity index (χ3n) is 2.45. The molecule has 0 unspecified atom stereocenters. The molecule has 2 heterocycles. The molecule has 0 radical (unpaired) electrons. The molecule has 1 aliphatic carbocycles. The van der Waals surface area contributed by atoms with Crippen LogP contribution in [-0.2, 0) is 0 Å². The van der Waals surface area contributed by atoms with Crippen LogP contribution in [0.3, 0.4) is 0 Å². The van der Waals surface area contributed by atoms with Gasteiger partial charge in [0.25, 0.3) is 0 Å². The number of nitrogens with zero attached hydrogens (tertiary/aromatic N) is 7. The fourth-order valence-corrected chi connectivity index (χ4v) is 2.48. The van der Waals surface area contributed by atoms with Crippen LogP contribution in [-0.4, -0.2) is 41.3 Å². The molecule has 8 nitrogen and oxygen atoms in total. The molecule has 0 aliphatic heterocycles. The normalized spacial score (nSPS) is 14.8. The van der Waals surface area contributed by atoms with E-state index in [1.165, 1.54) is 11.8 Å². The fourth-order valence-electron chi connectivity index (χ4n) is 1.51. The van der Waals surface area contributed by atoms with Crippen LogP contribution >= 0.6 is 23.4 Å². The van der Waals surface area contributed by atoms with Gasteiger partial charge in [0.05, 0.1) is 12.1 Å². The lowest BCUT2D eigenvalue weighted by atomic mass is 10.5. The number of hydrogen-bond acceptors (Lipinski definition) is 8. The van der Waals surface area contributed by atoms with E-state index in [4.69, 9.17) is 16.3 Å².